The van der Waals surface area contributed by atoms with Crippen LogP contribution in [0.1, 0.15) is 10.4 Å². The van der Waals surface area contributed by atoms with Crippen molar-refractivity contribution in [2.24, 2.45) is 0 Å². The highest BCUT2D eigenvalue weighted by Gasteiger charge is 2.26. The van der Waals surface area contributed by atoms with Crippen molar-refractivity contribution >= 4 is 21.6 Å². The van der Waals surface area contributed by atoms with Crippen LogP contribution in [0.15, 0.2) is 53.4 Å². The SMILES string of the molecule is O=C(Nc1cccc(S(=O)(=O)N2CCOCC2)c1)c1cccc(-c2nn[nH]n2)c1. The first-order valence-corrected chi connectivity index (χ1v) is 10.3. The van der Waals surface area contributed by atoms with Crippen molar-refractivity contribution in [2.45, 2.75) is 4.90 Å². The highest BCUT2D eigenvalue weighted by Crippen LogP contribution is 2.22. The van der Waals surface area contributed by atoms with E-state index in [0.717, 1.165) is 0 Å². The summed E-state index contributed by atoms with van der Waals surface area (Å²) in [6.07, 6.45) is 0. The molecule has 0 atom stereocenters. The third kappa shape index (κ3) is 4.16. The molecule has 0 radical (unpaired) electrons. The van der Waals surface area contributed by atoms with E-state index in [4.69, 9.17) is 4.74 Å². The van der Waals surface area contributed by atoms with Crippen LogP contribution in [0.5, 0.6) is 0 Å². The number of carbonyl (C=O) groups excluding carboxylic acids is 1. The van der Waals surface area contributed by atoms with Crippen LogP contribution in [0.4, 0.5) is 5.69 Å². The average Bonchev–Trinajstić information content (AvgIpc) is 3.30. The molecule has 0 aliphatic carbocycles. The molecule has 0 saturated carbocycles. The quantitative estimate of drug-likeness (QED) is 0.640. The fourth-order valence-electron chi connectivity index (χ4n) is 2.96. The van der Waals surface area contributed by atoms with Crippen molar-refractivity contribution in [1.82, 2.24) is 24.9 Å². The second kappa shape index (κ2) is 8.07. The molecule has 2 aromatic carbocycles. The van der Waals surface area contributed by atoms with Gasteiger partial charge in [0, 0.05) is 29.9 Å². The van der Waals surface area contributed by atoms with Crippen LogP contribution in [-0.4, -0.2) is 65.6 Å². The molecule has 10 nitrogen and oxygen atoms in total. The summed E-state index contributed by atoms with van der Waals surface area (Å²) in [5, 5.41) is 16.4. The van der Waals surface area contributed by atoms with E-state index in [0.29, 0.717) is 48.9 Å². The van der Waals surface area contributed by atoms with Crippen LogP contribution < -0.4 is 5.32 Å². The highest BCUT2D eigenvalue weighted by molar-refractivity contribution is 7.89. The average molecular weight is 414 g/mol. The fourth-order valence-corrected chi connectivity index (χ4v) is 4.41. The summed E-state index contributed by atoms with van der Waals surface area (Å²) in [7, 11) is -3.65. The first kappa shape index (κ1) is 19.2. The lowest BCUT2D eigenvalue weighted by Gasteiger charge is -2.26. The molecule has 0 unspecified atom stereocenters. The Hall–Kier alpha value is -3.15. The number of nitrogens with zero attached hydrogens (tertiary/aromatic N) is 4. The Morgan fingerprint density at radius 2 is 1.90 bits per heavy atom. The van der Waals surface area contributed by atoms with Crippen molar-refractivity contribution in [3.05, 3.63) is 54.1 Å². The minimum Gasteiger partial charge on any atom is -0.379 e. The van der Waals surface area contributed by atoms with E-state index in [2.05, 4.69) is 25.9 Å². The van der Waals surface area contributed by atoms with E-state index in [9.17, 15) is 13.2 Å². The van der Waals surface area contributed by atoms with E-state index in [1.807, 2.05) is 0 Å². The van der Waals surface area contributed by atoms with Crippen LogP contribution >= 0.6 is 0 Å². The van der Waals surface area contributed by atoms with Gasteiger partial charge in [-0.1, -0.05) is 18.2 Å². The van der Waals surface area contributed by atoms with Gasteiger partial charge in [0.1, 0.15) is 0 Å². The molecule has 29 heavy (non-hydrogen) atoms. The summed E-state index contributed by atoms with van der Waals surface area (Å²) >= 11 is 0. The lowest BCUT2D eigenvalue weighted by molar-refractivity contribution is 0.0730. The standard InChI is InChI=1S/C18H18N6O4S/c25-18(14-4-1-3-13(11-14)17-20-22-23-21-17)19-15-5-2-6-16(12-15)29(26,27)24-7-9-28-10-8-24/h1-6,11-12H,7-10H2,(H,19,25)(H,20,21,22,23). The summed E-state index contributed by atoms with van der Waals surface area (Å²) in [5.74, 6) is -0.00508. The van der Waals surface area contributed by atoms with Gasteiger partial charge in [0.25, 0.3) is 5.91 Å². The molecule has 2 heterocycles. The Balaban J connectivity index is 1.54. The van der Waals surface area contributed by atoms with Crippen molar-refractivity contribution in [3.63, 3.8) is 0 Å². The van der Waals surface area contributed by atoms with E-state index in [-0.39, 0.29) is 10.8 Å². The molecule has 1 aliphatic rings. The van der Waals surface area contributed by atoms with Crippen molar-refractivity contribution in [1.29, 1.82) is 0 Å². The maximum Gasteiger partial charge on any atom is 0.255 e. The molecule has 4 rings (SSSR count). The maximum absolute atomic E-state index is 12.8. The number of sulfonamides is 1. The van der Waals surface area contributed by atoms with Gasteiger partial charge < -0.3 is 10.1 Å². The van der Waals surface area contributed by atoms with Gasteiger partial charge in [0.15, 0.2) is 0 Å². The monoisotopic (exact) mass is 414 g/mol. The topological polar surface area (TPSA) is 130 Å². The molecule has 0 spiro atoms. The molecule has 1 aliphatic heterocycles. The predicted octanol–water partition coefficient (Wildman–Crippen LogP) is 1.14. The highest BCUT2D eigenvalue weighted by atomic mass is 32.2. The zero-order valence-electron chi connectivity index (χ0n) is 15.3. The molecule has 1 saturated heterocycles. The number of hydrogen-bond donors (Lipinski definition) is 2. The van der Waals surface area contributed by atoms with Crippen LogP contribution in [0.3, 0.4) is 0 Å². The maximum atomic E-state index is 12.8. The first-order valence-electron chi connectivity index (χ1n) is 8.87. The number of ether oxygens (including phenoxy) is 1. The van der Waals surface area contributed by atoms with E-state index >= 15 is 0 Å². The second-order valence-electron chi connectivity index (χ2n) is 6.31. The first-order chi connectivity index (χ1) is 14.0. The number of morpholine rings is 1. The van der Waals surface area contributed by atoms with Crippen molar-refractivity contribution in [3.8, 4) is 11.4 Å². The van der Waals surface area contributed by atoms with Crippen LogP contribution in [0, 0.1) is 0 Å². The number of H-pyrrole nitrogens is 1. The Labute approximate surface area is 166 Å². The van der Waals surface area contributed by atoms with Crippen LogP contribution in [0.25, 0.3) is 11.4 Å². The summed E-state index contributed by atoms with van der Waals surface area (Å²) in [6, 6.07) is 12.9. The molecule has 1 aromatic heterocycles. The van der Waals surface area contributed by atoms with Gasteiger partial charge in [0.05, 0.1) is 18.1 Å². The van der Waals surface area contributed by atoms with E-state index in [1.54, 1.807) is 36.4 Å². The number of carbonyl (C=O) groups is 1. The summed E-state index contributed by atoms with van der Waals surface area (Å²) in [6.45, 7) is 1.35. The number of aromatic amines is 1. The van der Waals surface area contributed by atoms with Gasteiger partial charge in [-0.05, 0) is 35.5 Å². The molecule has 3 aromatic rings. The van der Waals surface area contributed by atoms with Crippen molar-refractivity contribution < 1.29 is 17.9 Å². The molecule has 0 bridgehead atoms. The minimum absolute atomic E-state index is 0.123. The van der Waals surface area contributed by atoms with Crippen molar-refractivity contribution in [2.75, 3.05) is 31.6 Å². The zero-order valence-corrected chi connectivity index (χ0v) is 16.1. The number of amides is 1. The Morgan fingerprint density at radius 1 is 1.10 bits per heavy atom. The van der Waals surface area contributed by atoms with Crippen LogP contribution in [-0.2, 0) is 14.8 Å². The third-order valence-electron chi connectivity index (χ3n) is 4.43. The third-order valence-corrected chi connectivity index (χ3v) is 6.32. The normalized spacial score (nSPS) is 15.2. The lowest BCUT2D eigenvalue weighted by atomic mass is 10.1. The van der Waals surface area contributed by atoms with E-state index in [1.165, 1.54) is 16.4 Å². The smallest absolute Gasteiger partial charge is 0.255 e. The number of hydrogen-bond acceptors (Lipinski definition) is 7. The number of rotatable bonds is 5. The van der Waals surface area contributed by atoms with E-state index < -0.39 is 10.0 Å². The molecular weight excluding hydrogens is 396 g/mol. The number of anilines is 1. The molecule has 150 valence electrons. The lowest BCUT2D eigenvalue weighted by Crippen LogP contribution is -2.40. The number of aromatic nitrogens is 4. The second-order valence-corrected chi connectivity index (χ2v) is 8.25. The molecular formula is C18H18N6O4S. The molecule has 1 amide bonds. The molecule has 11 heteroatoms. The van der Waals surface area contributed by atoms with Gasteiger partial charge in [-0.2, -0.15) is 9.52 Å². The summed E-state index contributed by atoms with van der Waals surface area (Å²) in [5.41, 5.74) is 1.40. The van der Waals surface area contributed by atoms with Gasteiger partial charge in [-0.25, -0.2) is 8.42 Å². The summed E-state index contributed by atoms with van der Waals surface area (Å²) in [4.78, 5) is 12.8. The Kier molecular flexibility index (Phi) is 5.34. The number of nitrogens with one attached hydrogen (secondary N) is 2. The minimum atomic E-state index is -3.65. The number of tetrazole rings is 1. The van der Waals surface area contributed by atoms with Gasteiger partial charge in [-0.3, -0.25) is 4.79 Å². The Bertz CT molecular complexity index is 1110. The molecule has 2 N–H and O–H groups in total. The van der Waals surface area contributed by atoms with Gasteiger partial charge in [0.2, 0.25) is 15.8 Å². The molecule has 1 fully saturated rings. The number of benzene rings is 2. The van der Waals surface area contributed by atoms with Gasteiger partial charge in [-0.15, -0.1) is 10.2 Å². The van der Waals surface area contributed by atoms with Crippen LogP contribution in [0.2, 0.25) is 0 Å². The predicted molar refractivity (Wildman–Crippen MR) is 104 cm³/mol. The Morgan fingerprint density at radius 3 is 2.66 bits per heavy atom. The fraction of sp³-hybridized carbons (Fsp3) is 0.222. The van der Waals surface area contributed by atoms with Gasteiger partial charge >= 0.3 is 0 Å². The summed E-state index contributed by atoms with van der Waals surface area (Å²) < 4.78 is 32.2. The zero-order chi connectivity index (χ0) is 20.3. The largest absolute Gasteiger partial charge is 0.379 e.